The van der Waals surface area contributed by atoms with Gasteiger partial charge in [-0.15, -0.1) is 0 Å². The minimum absolute atomic E-state index is 0.937. The molecule has 4 aromatic carbocycles. The van der Waals surface area contributed by atoms with Crippen molar-refractivity contribution >= 4 is 27.3 Å². The molecule has 0 saturated carbocycles. The Morgan fingerprint density at radius 1 is 0.700 bits per heavy atom. The Morgan fingerprint density at radius 2 is 1.50 bits per heavy atom. The van der Waals surface area contributed by atoms with Gasteiger partial charge in [-0.1, -0.05) is 84.9 Å². The summed E-state index contributed by atoms with van der Waals surface area (Å²) in [7, 11) is 0. The lowest BCUT2D eigenvalue weighted by Gasteiger charge is -2.14. The molecule has 1 aromatic heterocycles. The molecular weight excluding hydrogens is 364 g/mol. The van der Waals surface area contributed by atoms with E-state index in [0.717, 1.165) is 30.6 Å². The number of fused-ring (bicyclic) bond motifs is 4. The van der Waals surface area contributed by atoms with Crippen LogP contribution in [0.5, 0.6) is 0 Å². The van der Waals surface area contributed by atoms with Crippen LogP contribution in [0.15, 0.2) is 101 Å². The first kappa shape index (κ1) is 17.3. The molecule has 6 rings (SSSR count). The summed E-state index contributed by atoms with van der Waals surface area (Å²) in [5.74, 6) is 1.14. The highest BCUT2D eigenvalue weighted by molar-refractivity contribution is 5.94. The molecule has 1 aliphatic carbocycles. The third kappa shape index (κ3) is 2.95. The Bertz CT molecular complexity index is 1400. The van der Waals surface area contributed by atoms with E-state index in [0.29, 0.717) is 0 Å². The topological polar surface area (TPSA) is 13.1 Å². The van der Waals surface area contributed by atoms with Crippen LogP contribution in [-0.2, 0) is 12.8 Å². The number of furan rings is 1. The van der Waals surface area contributed by atoms with E-state index in [4.69, 9.17) is 4.42 Å². The van der Waals surface area contributed by atoms with Gasteiger partial charge in [0.25, 0.3) is 0 Å². The highest BCUT2D eigenvalue weighted by atomic mass is 16.3. The van der Waals surface area contributed by atoms with Crippen molar-refractivity contribution in [2.45, 2.75) is 19.3 Å². The lowest BCUT2D eigenvalue weighted by molar-refractivity contribution is 0.545. The molecule has 0 radical (unpaired) electrons. The van der Waals surface area contributed by atoms with Crippen LogP contribution < -0.4 is 0 Å². The van der Waals surface area contributed by atoms with Crippen LogP contribution >= 0.6 is 0 Å². The number of hydrogen-bond donors (Lipinski definition) is 0. The maximum Gasteiger partial charge on any atom is 0.134 e. The van der Waals surface area contributed by atoms with E-state index in [1.807, 2.05) is 6.07 Å². The van der Waals surface area contributed by atoms with Crippen LogP contribution in [0, 0.1) is 0 Å². The SMILES string of the molecule is C1=C(Cc2ccc3cc(-c4ccccc4)ccc3c2)c2c(oc3ccccc23)CC1. The number of rotatable bonds is 3. The molecule has 0 bridgehead atoms. The van der Waals surface area contributed by atoms with E-state index in [1.54, 1.807) is 0 Å². The zero-order valence-corrected chi connectivity index (χ0v) is 16.8. The van der Waals surface area contributed by atoms with E-state index >= 15 is 0 Å². The average Bonchev–Trinajstić information content (AvgIpc) is 3.19. The van der Waals surface area contributed by atoms with Crippen LogP contribution in [0.3, 0.4) is 0 Å². The van der Waals surface area contributed by atoms with Gasteiger partial charge in [0.2, 0.25) is 0 Å². The van der Waals surface area contributed by atoms with E-state index in [1.165, 1.54) is 44.0 Å². The molecule has 0 N–H and O–H groups in total. The fraction of sp³-hybridized carbons (Fsp3) is 0.103. The second kappa shape index (κ2) is 7.03. The minimum atomic E-state index is 0.937. The molecule has 5 aromatic rings. The molecular formula is C29H22O. The Kier molecular flexibility index (Phi) is 4.06. The van der Waals surface area contributed by atoms with Crippen LogP contribution in [0.2, 0.25) is 0 Å². The molecule has 1 heterocycles. The van der Waals surface area contributed by atoms with Crippen LogP contribution in [0.4, 0.5) is 0 Å². The Hall–Kier alpha value is -3.58. The number of allylic oxidation sites excluding steroid dienone is 2. The maximum atomic E-state index is 6.14. The van der Waals surface area contributed by atoms with E-state index in [-0.39, 0.29) is 0 Å². The molecule has 1 aliphatic rings. The molecule has 0 amide bonds. The fourth-order valence-corrected chi connectivity index (χ4v) is 4.70. The van der Waals surface area contributed by atoms with Gasteiger partial charge in [-0.25, -0.2) is 0 Å². The zero-order valence-electron chi connectivity index (χ0n) is 16.8. The summed E-state index contributed by atoms with van der Waals surface area (Å²) in [5.41, 5.74) is 7.58. The number of aryl methyl sites for hydroxylation is 1. The van der Waals surface area contributed by atoms with Gasteiger partial charge in [-0.2, -0.15) is 0 Å². The first-order chi connectivity index (χ1) is 14.8. The lowest BCUT2D eigenvalue weighted by atomic mass is 9.89. The summed E-state index contributed by atoms with van der Waals surface area (Å²) >= 11 is 0. The van der Waals surface area contributed by atoms with Crippen LogP contribution in [-0.4, -0.2) is 0 Å². The molecule has 0 spiro atoms. The van der Waals surface area contributed by atoms with E-state index in [9.17, 15) is 0 Å². The number of hydrogen-bond acceptors (Lipinski definition) is 1. The third-order valence-corrected chi connectivity index (χ3v) is 6.16. The van der Waals surface area contributed by atoms with Gasteiger partial charge in [0.05, 0.1) is 0 Å². The standard InChI is InChI=1S/C29H22O/c1-2-7-21(8-3-1)23-16-15-22-17-20(13-14-24(22)19-23)18-25-9-6-12-28-29(25)26-10-4-5-11-27(26)30-28/h1-5,7-11,13-17,19H,6,12,18H2. The molecule has 0 atom stereocenters. The summed E-state index contributed by atoms with van der Waals surface area (Å²) in [6.07, 6.45) is 5.38. The normalized spacial score (nSPS) is 13.4. The largest absolute Gasteiger partial charge is 0.460 e. The molecule has 30 heavy (non-hydrogen) atoms. The summed E-state index contributed by atoms with van der Waals surface area (Å²) in [6, 6.07) is 32.6. The molecule has 0 fully saturated rings. The molecule has 0 unspecified atom stereocenters. The van der Waals surface area contributed by atoms with Crippen LogP contribution in [0.1, 0.15) is 23.3 Å². The fourth-order valence-electron chi connectivity index (χ4n) is 4.70. The first-order valence-corrected chi connectivity index (χ1v) is 10.6. The number of benzene rings is 4. The maximum absolute atomic E-state index is 6.14. The highest BCUT2D eigenvalue weighted by Crippen LogP contribution is 2.37. The Balaban J connectivity index is 1.35. The minimum Gasteiger partial charge on any atom is -0.460 e. The predicted molar refractivity (Wildman–Crippen MR) is 126 cm³/mol. The highest BCUT2D eigenvalue weighted by Gasteiger charge is 2.20. The Morgan fingerprint density at radius 3 is 2.43 bits per heavy atom. The molecule has 0 aliphatic heterocycles. The van der Waals surface area contributed by atoms with Crippen molar-refractivity contribution in [3.8, 4) is 11.1 Å². The molecule has 144 valence electrons. The average molecular weight is 386 g/mol. The zero-order chi connectivity index (χ0) is 19.9. The van der Waals surface area contributed by atoms with Crippen LogP contribution in [0.25, 0.3) is 38.4 Å². The van der Waals surface area contributed by atoms with Gasteiger partial charge in [-0.3, -0.25) is 0 Å². The van der Waals surface area contributed by atoms with Gasteiger partial charge in [-0.05, 0) is 58.0 Å². The second-order valence-corrected chi connectivity index (χ2v) is 8.10. The van der Waals surface area contributed by atoms with Crippen molar-refractivity contribution in [1.29, 1.82) is 0 Å². The smallest absolute Gasteiger partial charge is 0.134 e. The van der Waals surface area contributed by atoms with Gasteiger partial charge < -0.3 is 4.42 Å². The number of para-hydroxylation sites is 1. The Labute approximate surface area is 176 Å². The van der Waals surface area contributed by atoms with Crippen molar-refractivity contribution in [3.63, 3.8) is 0 Å². The molecule has 0 saturated heterocycles. The molecule has 1 nitrogen and oxygen atoms in total. The quantitative estimate of drug-likeness (QED) is 0.308. The van der Waals surface area contributed by atoms with Crippen molar-refractivity contribution in [3.05, 3.63) is 114 Å². The summed E-state index contributed by atoms with van der Waals surface area (Å²) in [5, 5.41) is 3.82. The van der Waals surface area contributed by atoms with Gasteiger partial charge in [0.1, 0.15) is 11.3 Å². The van der Waals surface area contributed by atoms with E-state index in [2.05, 4.69) is 91.0 Å². The summed E-state index contributed by atoms with van der Waals surface area (Å²) in [4.78, 5) is 0. The van der Waals surface area contributed by atoms with Crippen molar-refractivity contribution in [2.24, 2.45) is 0 Å². The van der Waals surface area contributed by atoms with Crippen molar-refractivity contribution in [1.82, 2.24) is 0 Å². The monoisotopic (exact) mass is 386 g/mol. The summed E-state index contributed by atoms with van der Waals surface area (Å²) in [6.45, 7) is 0. The third-order valence-electron chi connectivity index (χ3n) is 6.16. The van der Waals surface area contributed by atoms with Gasteiger partial charge in [0, 0.05) is 17.4 Å². The lowest BCUT2D eigenvalue weighted by Crippen LogP contribution is -1.99. The van der Waals surface area contributed by atoms with Crippen molar-refractivity contribution in [2.75, 3.05) is 0 Å². The predicted octanol–water partition coefficient (Wildman–Crippen LogP) is 7.83. The molecule has 1 heteroatoms. The first-order valence-electron chi connectivity index (χ1n) is 10.6. The summed E-state index contributed by atoms with van der Waals surface area (Å²) < 4.78 is 6.14. The van der Waals surface area contributed by atoms with Gasteiger partial charge in [0.15, 0.2) is 0 Å². The van der Waals surface area contributed by atoms with E-state index < -0.39 is 0 Å². The van der Waals surface area contributed by atoms with Crippen molar-refractivity contribution < 1.29 is 4.42 Å². The second-order valence-electron chi connectivity index (χ2n) is 8.10. The van der Waals surface area contributed by atoms with Gasteiger partial charge >= 0.3 is 0 Å².